The summed E-state index contributed by atoms with van der Waals surface area (Å²) in [6, 6.07) is 11.6. The predicted molar refractivity (Wildman–Crippen MR) is 103 cm³/mol. The molecule has 3 aromatic rings. The first-order chi connectivity index (χ1) is 13.6. The molecule has 0 saturated carbocycles. The fraction of sp³-hybridized carbons (Fsp3) is 0.250. The lowest BCUT2D eigenvalue weighted by Crippen LogP contribution is -2.49. The normalized spacial score (nSPS) is 14.2. The van der Waals surface area contributed by atoms with E-state index in [1.54, 1.807) is 41.3 Å². The van der Waals surface area contributed by atoms with Crippen LogP contribution < -0.4 is 10.2 Å². The molecule has 1 amide bonds. The van der Waals surface area contributed by atoms with E-state index in [0.29, 0.717) is 49.4 Å². The van der Waals surface area contributed by atoms with Gasteiger partial charge in [0.2, 0.25) is 5.95 Å². The fourth-order valence-corrected chi connectivity index (χ4v) is 3.12. The molecule has 7 nitrogen and oxygen atoms in total. The number of benzene rings is 1. The van der Waals surface area contributed by atoms with Gasteiger partial charge in [-0.05, 0) is 31.2 Å². The van der Waals surface area contributed by atoms with Crippen molar-refractivity contribution in [2.45, 2.75) is 6.92 Å². The smallest absolute Gasteiger partial charge is 0.289 e. The van der Waals surface area contributed by atoms with E-state index in [1.807, 2.05) is 11.8 Å². The number of piperazine rings is 1. The number of anilines is 3. The van der Waals surface area contributed by atoms with Crippen molar-refractivity contribution in [2.75, 3.05) is 36.4 Å². The fourth-order valence-electron chi connectivity index (χ4n) is 3.12. The van der Waals surface area contributed by atoms with E-state index < -0.39 is 0 Å². The van der Waals surface area contributed by atoms with Gasteiger partial charge in [-0.15, -0.1) is 0 Å². The summed E-state index contributed by atoms with van der Waals surface area (Å²) < 4.78 is 19.1. The zero-order valence-electron chi connectivity index (χ0n) is 15.4. The quantitative estimate of drug-likeness (QED) is 0.748. The highest BCUT2D eigenvalue weighted by Gasteiger charge is 2.25. The summed E-state index contributed by atoms with van der Waals surface area (Å²) in [7, 11) is 0. The lowest BCUT2D eigenvalue weighted by atomic mass is 10.3. The molecular formula is C20H20FN5O2. The number of aromatic nitrogens is 2. The molecule has 1 fully saturated rings. The minimum absolute atomic E-state index is 0.114. The molecule has 2 aromatic heterocycles. The number of furan rings is 1. The summed E-state index contributed by atoms with van der Waals surface area (Å²) in [5, 5.41) is 3.01. The van der Waals surface area contributed by atoms with Gasteiger partial charge in [0.1, 0.15) is 11.6 Å². The van der Waals surface area contributed by atoms with Crippen LogP contribution in [0.15, 0.2) is 53.1 Å². The molecule has 4 rings (SSSR count). The molecule has 1 aromatic carbocycles. The number of halogens is 1. The Balaban J connectivity index is 1.46. The van der Waals surface area contributed by atoms with Crippen molar-refractivity contribution in [3.8, 4) is 0 Å². The average Bonchev–Trinajstić information content (AvgIpc) is 3.24. The lowest BCUT2D eigenvalue weighted by molar-refractivity contribution is 0.0714. The van der Waals surface area contributed by atoms with Crippen LogP contribution in [0.25, 0.3) is 0 Å². The van der Waals surface area contributed by atoms with Gasteiger partial charge in [0, 0.05) is 37.9 Å². The van der Waals surface area contributed by atoms with Crippen LogP contribution in [0.2, 0.25) is 0 Å². The van der Waals surface area contributed by atoms with E-state index in [2.05, 4.69) is 15.3 Å². The van der Waals surface area contributed by atoms with Gasteiger partial charge in [-0.2, -0.15) is 4.98 Å². The van der Waals surface area contributed by atoms with Crippen LogP contribution in [0.4, 0.5) is 21.8 Å². The van der Waals surface area contributed by atoms with Gasteiger partial charge in [-0.1, -0.05) is 12.1 Å². The van der Waals surface area contributed by atoms with Crippen molar-refractivity contribution in [2.24, 2.45) is 0 Å². The minimum atomic E-state index is -0.342. The number of nitrogens with zero attached hydrogens (tertiary/aromatic N) is 4. The largest absolute Gasteiger partial charge is 0.459 e. The van der Waals surface area contributed by atoms with E-state index in [0.717, 1.165) is 5.69 Å². The lowest BCUT2D eigenvalue weighted by Gasteiger charge is -2.34. The van der Waals surface area contributed by atoms with Crippen LogP contribution in [0, 0.1) is 12.7 Å². The molecule has 3 heterocycles. The highest BCUT2D eigenvalue weighted by Crippen LogP contribution is 2.21. The SMILES string of the molecule is Cc1cc(Nc2ccccc2F)nc(N2CCN(C(=O)c3ccco3)CC2)n1. The van der Waals surface area contributed by atoms with E-state index in [9.17, 15) is 9.18 Å². The maximum absolute atomic E-state index is 13.9. The van der Waals surface area contributed by atoms with Crippen LogP contribution in [0.1, 0.15) is 16.2 Å². The zero-order chi connectivity index (χ0) is 19.5. The molecule has 8 heteroatoms. The van der Waals surface area contributed by atoms with E-state index in [1.165, 1.54) is 12.3 Å². The average molecular weight is 381 g/mol. The molecule has 1 aliphatic rings. The van der Waals surface area contributed by atoms with Crippen molar-refractivity contribution in [3.05, 3.63) is 66.0 Å². The first-order valence-corrected chi connectivity index (χ1v) is 9.05. The number of hydrogen-bond donors (Lipinski definition) is 1. The molecule has 0 bridgehead atoms. The van der Waals surface area contributed by atoms with Crippen LogP contribution in [-0.4, -0.2) is 47.0 Å². The minimum Gasteiger partial charge on any atom is -0.459 e. The van der Waals surface area contributed by atoms with Gasteiger partial charge in [0.15, 0.2) is 5.76 Å². The third-order valence-electron chi connectivity index (χ3n) is 4.56. The van der Waals surface area contributed by atoms with E-state index in [4.69, 9.17) is 4.42 Å². The Kier molecular flexibility index (Phi) is 4.92. The second kappa shape index (κ2) is 7.67. The third kappa shape index (κ3) is 3.80. The highest BCUT2D eigenvalue weighted by atomic mass is 19.1. The van der Waals surface area contributed by atoms with Gasteiger partial charge in [-0.25, -0.2) is 9.37 Å². The maximum Gasteiger partial charge on any atom is 0.289 e. The molecule has 0 unspecified atom stereocenters. The molecule has 1 N–H and O–H groups in total. The summed E-state index contributed by atoms with van der Waals surface area (Å²) in [5.74, 6) is 0.976. The molecule has 1 aliphatic heterocycles. The molecule has 0 atom stereocenters. The summed E-state index contributed by atoms with van der Waals surface area (Å²) in [4.78, 5) is 25.2. The van der Waals surface area contributed by atoms with Gasteiger partial charge in [-0.3, -0.25) is 4.79 Å². The van der Waals surface area contributed by atoms with Crippen molar-refractivity contribution in [1.29, 1.82) is 0 Å². The molecule has 28 heavy (non-hydrogen) atoms. The van der Waals surface area contributed by atoms with Crippen molar-refractivity contribution >= 4 is 23.4 Å². The number of rotatable bonds is 4. The second-order valence-electron chi connectivity index (χ2n) is 6.56. The van der Waals surface area contributed by atoms with E-state index in [-0.39, 0.29) is 11.7 Å². The molecule has 0 spiro atoms. The number of para-hydroxylation sites is 1. The molecule has 0 radical (unpaired) electrons. The Morgan fingerprint density at radius 3 is 2.61 bits per heavy atom. The van der Waals surface area contributed by atoms with E-state index >= 15 is 0 Å². The monoisotopic (exact) mass is 381 g/mol. The molecular weight excluding hydrogens is 361 g/mol. The number of amides is 1. The van der Waals surface area contributed by atoms with Crippen molar-refractivity contribution in [3.63, 3.8) is 0 Å². The Labute approximate surface area is 161 Å². The number of nitrogens with one attached hydrogen (secondary N) is 1. The Bertz CT molecular complexity index is 968. The number of hydrogen-bond acceptors (Lipinski definition) is 6. The molecule has 144 valence electrons. The summed E-state index contributed by atoms with van der Waals surface area (Å²) >= 11 is 0. The van der Waals surface area contributed by atoms with Crippen LogP contribution in [0.5, 0.6) is 0 Å². The molecule has 1 saturated heterocycles. The standard InChI is InChI=1S/C20H20FN5O2/c1-14-13-18(23-16-6-3-2-5-15(16)21)24-20(22-14)26-10-8-25(9-11-26)19(27)17-7-4-12-28-17/h2-7,12-13H,8-11H2,1H3,(H,22,23,24). The topological polar surface area (TPSA) is 74.5 Å². The van der Waals surface area contributed by atoms with Gasteiger partial charge in [0.05, 0.1) is 12.0 Å². The van der Waals surface area contributed by atoms with Crippen LogP contribution in [-0.2, 0) is 0 Å². The Hall–Kier alpha value is -3.42. The molecule has 0 aliphatic carbocycles. The number of carbonyl (C=O) groups excluding carboxylic acids is 1. The number of carbonyl (C=O) groups is 1. The zero-order valence-corrected chi connectivity index (χ0v) is 15.4. The summed E-state index contributed by atoms with van der Waals surface area (Å²) in [5.41, 5.74) is 1.14. The first kappa shape index (κ1) is 18.0. The van der Waals surface area contributed by atoms with Crippen LogP contribution in [0.3, 0.4) is 0 Å². The third-order valence-corrected chi connectivity index (χ3v) is 4.56. The Morgan fingerprint density at radius 1 is 1.11 bits per heavy atom. The number of aryl methyl sites for hydroxylation is 1. The van der Waals surface area contributed by atoms with Crippen molar-refractivity contribution in [1.82, 2.24) is 14.9 Å². The summed E-state index contributed by atoms with van der Waals surface area (Å²) in [6.45, 7) is 4.18. The van der Waals surface area contributed by atoms with Gasteiger partial charge < -0.3 is 19.5 Å². The summed E-state index contributed by atoms with van der Waals surface area (Å²) in [6.07, 6.45) is 1.49. The second-order valence-corrected chi connectivity index (χ2v) is 6.56. The van der Waals surface area contributed by atoms with Gasteiger partial charge >= 0.3 is 0 Å². The maximum atomic E-state index is 13.9. The first-order valence-electron chi connectivity index (χ1n) is 9.05. The Morgan fingerprint density at radius 2 is 1.89 bits per heavy atom. The van der Waals surface area contributed by atoms with Crippen molar-refractivity contribution < 1.29 is 13.6 Å². The van der Waals surface area contributed by atoms with Gasteiger partial charge in [0.25, 0.3) is 5.91 Å². The highest BCUT2D eigenvalue weighted by molar-refractivity contribution is 5.91. The van der Waals surface area contributed by atoms with Crippen LogP contribution >= 0.6 is 0 Å². The predicted octanol–water partition coefficient (Wildman–Crippen LogP) is 3.22.